The van der Waals surface area contributed by atoms with Crippen molar-refractivity contribution in [3.05, 3.63) is 39.6 Å². The smallest absolute Gasteiger partial charge is 0.201 e. The first kappa shape index (κ1) is 12.4. The number of halogens is 2. The van der Waals surface area contributed by atoms with E-state index in [2.05, 4.69) is 9.97 Å². The molecule has 2 N–H and O–H groups in total. The molecule has 1 aromatic carbocycles. The molecule has 0 radical (unpaired) electrons. The highest BCUT2D eigenvalue weighted by Crippen LogP contribution is 2.30. The summed E-state index contributed by atoms with van der Waals surface area (Å²) in [5, 5.41) is 2.82. The Bertz CT molecular complexity index is 738. The van der Waals surface area contributed by atoms with Crippen LogP contribution in [0.25, 0.3) is 11.0 Å². The fourth-order valence-corrected chi connectivity index (χ4v) is 2.91. The van der Waals surface area contributed by atoms with Crippen molar-refractivity contribution in [2.45, 2.75) is 13.0 Å². The van der Waals surface area contributed by atoms with E-state index in [1.54, 1.807) is 10.8 Å². The first-order valence-corrected chi connectivity index (χ1v) is 6.85. The number of hydrogen-bond donors (Lipinski definition) is 1. The molecule has 0 spiro atoms. The molecule has 0 amide bonds. The number of imidazole rings is 1. The Hall–Kier alpha value is -1.66. The van der Waals surface area contributed by atoms with Crippen molar-refractivity contribution in [2.24, 2.45) is 0 Å². The van der Waals surface area contributed by atoms with E-state index in [9.17, 15) is 4.39 Å². The third kappa shape index (κ3) is 1.97. The van der Waals surface area contributed by atoms with Crippen molar-refractivity contribution in [3.8, 4) is 0 Å². The summed E-state index contributed by atoms with van der Waals surface area (Å²) >= 11 is 7.27. The van der Waals surface area contributed by atoms with Gasteiger partial charge in [0, 0.05) is 17.6 Å². The van der Waals surface area contributed by atoms with Crippen LogP contribution >= 0.6 is 22.9 Å². The third-order valence-electron chi connectivity index (χ3n) is 2.95. The molecule has 1 atom stereocenters. The van der Waals surface area contributed by atoms with Gasteiger partial charge in [-0.05, 0) is 13.0 Å². The van der Waals surface area contributed by atoms with Gasteiger partial charge in [0.1, 0.15) is 10.8 Å². The second-order valence-electron chi connectivity index (χ2n) is 4.14. The lowest BCUT2D eigenvalue weighted by Crippen LogP contribution is -2.09. The van der Waals surface area contributed by atoms with E-state index in [-0.39, 0.29) is 11.1 Å². The number of nitrogens with zero attached hydrogens (tertiary/aromatic N) is 3. The van der Waals surface area contributed by atoms with Crippen LogP contribution in [0.5, 0.6) is 0 Å². The van der Waals surface area contributed by atoms with E-state index >= 15 is 0 Å². The predicted molar refractivity (Wildman–Crippen MR) is 75.0 cm³/mol. The van der Waals surface area contributed by atoms with Crippen molar-refractivity contribution >= 4 is 39.9 Å². The second-order valence-corrected chi connectivity index (χ2v) is 5.47. The van der Waals surface area contributed by atoms with Gasteiger partial charge in [-0.3, -0.25) is 0 Å². The molecule has 0 aliphatic carbocycles. The van der Waals surface area contributed by atoms with Gasteiger partial charge in [-0.25, -0.2) is 14.4 Å². The molecule has 3 aromatic rings. The van der Waals surface area contributed by atoms with E-state index in [4.69, 9.17) is 17.3 Å². The Morgan fingerprint density at radius 3 is 2.95 bits per heavy atom. The average molecular weight is 297 g/mol. The predicted octanol–water partition coefficient (Wildman–Crippen LogP) is 3.48. The topological polar surface area (TPSA) is 56.7 Å². The molecular weight excluding hydrogens is 287 g/mol. The van der Waals surface area contributed by atoms with Gasteiger partial charge in [-0.1, -0.05) is 11.6 Å². The van der Waals surface area contributed by atoms with Crippen LogP contribution in [-0.4, -0.2) is 14.5 Å². The quantitative estimate of drug-likeness (QED) is 0.787. The fourth-order valence-electron chi connectivity index (χ4n) is 2.07. The molecular formula is C12H10ClFN4S. The van der Waals surface area contributed by atoms with E-state index in [0.29, 0.717) is 17.0 Å². The van der Waals surface area contributed by atoms with Gasteiger partial charge in [0.05, 0.1) is 22.1 Å². The zero-order valence-electron chi connectivity index (χ0n) is 9.97. The van der Waals surface area contributed by atoms with Crippen LogP contribution < -0.4 is 5.73 Å². The summed E-state index contributed by atoms with van der Waals surface area (Å²) in [4.78, 5) is 8.47. The minimum atomic E-state index is -0.485. The van der Waals surface area contributed by atoms with E-state index < -0.39 is 5.82 Å². The van der Waals surface area contributed by atoms with Crippen LogP contribution in [0, 0.1) is 5.82 Å². The second kappa shape index (κ2) is 4.47. The van der Waals surface area contributed by atoms with Gasteiger partial charge in [0.25, 0.3) is 0 Å². The zero-order valence-corrected chi connectivity index (χ0v) is 11.5. The van der Waals surface area contributed by atoms with E-state index in [1.807, 2.05) is 12.3 Å². The van der Waals surface area contributed by atoms with Crippen LogP contribution in [0.2, 0.25) is 5.02 Å². The third-order valence-corrected chi connectivity index (χ3v) is 4.19. The molecule has 0 aliphatic heterocycles. The molecule has 0 aliphatic rings. The van der Waals surface area contributed by atoms with Crippen LogP contribution in [0.4, 0.5) is 10.3 Å². The number of aromatic nitrogens is 3. The number of nitrogens with two attached hydrogens (primary N) is 1. The Morgan fingerprint density at radius 2 is 2.26 bits per heavy atom. The van der Waals surface area contributed by atoms with Crippen LogP contribution in [0.1, 0.15) is 18.0 Å². The molecule has 2 heterocycles. The van der Waals surface area contributed by atoms with Gasteiger partial charge in [-0.15, -0.1) is 11.3 Å². The Morgan fingerprint density at radius 1 is 1.47 bits per heavy atom. The molecule has 4 nitrogen and oxygen atoms in total. The van der Waals surface area contributed by atoms with Crippen molar-refractivity contribution < 1.29 is 4.39 Å². The number of rotatable bonds is 2. The minimum Gasteiger partial charge on any atom is -0.369 e. The lowest BCUT2D eigenvalue weighted by Gasteiger charge is -2.13. The molecule has 7 heteroatoms. The largest absolute Gasteiger partial charge is 0.369 e. The van der Waals surface area contributed by atoms with Gasteiger partial charge in [0.15, 0.2) is 0 Å². The number of anilines is 1. The Labute approximate surface area is 117 Å². The number of nitrogen functional groups attached to an aromatic ring is 1. The molecule has 1 unspecified atom stereocenters. The highest BCUT2D eigenvalue weighted by molar-refractivity contribution is 7.09. The van der Waals surface area contributed by atoms with Crippen molar-refractivity contribution in [2.75, 3.05) is 5.73 Å². The molecule has 0 fully saturated rings. The van der Waals surface area contributed by atoms with Gasteiger partial charge in [-0.2, -0.15) is 0 Å². The average Bonchev–Trinajstić information content (AvgIpc) is 2.97. The van der Waals surface area contributed by atoms with E-state index in [1.165, 1.54) is 23.5 Å². The maximum absolute atomic E-state index is 13.6. The standard InChI is InChI=1S/C12H10ClFN4S/c1-6(11-16-2-3-19-11)18-10-5-8(14)7(13)4-9(10)17-12(18)15/h2-6H,1H3,(H2,15,17). The van der Waals surface area contributed by atoms with Gasteiger partial charge < -0.3 is 10.3 Å². The molecule has 3 rings (SSSR count). The van der Waals surface area contributed by atoms with Crippen LogP contribution in [0.15, 0.2) is 23.7 Å². The monoisotopic (exact) mass is 296 g/mol. The molecule has 0 bridgehead atoms. The molecule has 19 heavy (non-hydrogen) atoms. The molecule has 0 saturated heterocycles. The van der Waals surface area contributed by atoms with Crippen molar-refractivity contribution in [1.82, 2.24) is 14.5 Å². The first-order chi connectivity index (χ1) is 9.08. The SMILES string of the molecule is CC(c1nccs1)n1c(N)nc2cc(Cl)c(F)cc21. The fraction of sp³-hybridized carbons (Fsp3) is 0.167. The maximum Gasteiger partial charge on any atom is 0.201 e. The summed E-state index contributed by atoms with van der Waals surface area (Å²) in [6, 6.07) is 2.73. The summed E-state index contributed by atoms with van der Waals surface area (Å²) < 4.78 is 15.4. The van der Waals surface area contributed by atoms with E-state index in [0.717, 1.165) is 5.01 Å². The number of fused-ring (bicyclic) bond motifs is 1. The summed E-state index contributed by atoms with van der Waals surface area (Å²) in [7, 11) is 0. The van der Waals surface area contributed by atoms with Crippen LogP contribution in [0.3, 0.4) is 0 Å². The summed E-state index contributed by atoms with van der Waals surface area (Å²) in [5.41, 5.74) is 7.11. The Balaban J connectivity index is 2.23. The molecule has 98 valence electrons. The summed E-state index contributed by atoms with van der Waals surface area (Å²) in [6.07, 6.45) is 1.73. The lowest BCUT2D eigenvalue weighted by atomic mass is 10.2. The maximum atomic E-state index is 13.6. The van der Waals surface area contributed by atoms with Crippen LogP contribution in [-0.2, 0) is 0 Å². The van der Waals surface area contributed by atoms with Gasteiger partial charge in [0.2, 0.25) is 5.95 Å². The number of thiazole rings is 1. The highest BCUT2D eigenvalue weighted by Gasteiger charge is 2.18. The molecule has 2 aromatic heterocycles. The normalized spacial score (nSPS) is 13.0. The first-order valence-electron chi connectivity index (χ1n) is 5.59. The van der Waals surface area contributed by atoms with Crippen molar-refractivity contribution in [1.29, 1.82) is 0 Å². The zero-order chi connectivity index (χ0) is 13.6. The highest BCUT2D eigenvalue weighted by atomic mass is 35.5. The number of hydrogen-bond acceptors (Lipinski definition) is 4. The molecule has 0 saturated carbocycles. The van der Waals surface area contributed by atoms with Crippen molar-refractivity contribution in [3.63, 3.8) is 0 Å². The number of benzene rings is 1. The summed E-state index contributed by atoms with van der Waals surface area (Å²) in [6.45, 7) is 1.95. The minimum absolute atomic E-state index is 0.0408. The Kier molecular flexibility index (Phi) is 2.91. The summed E-state index contributed by atoms with van der Waals surface area (Å²) in [5.74, 6) is -0.166. The van der Waals surface area contributed by atoms with Gasteiger partial charge >= 0.3 is 0 Å². The lowest BCUT2D eigenvalue weighted by molar-refractivity contribution is 0.625.